The van der Waals surface area contributed by atoms with Crippen LogP contribution < -0.4 is 0 Å². The van der Waals surface area contributed by atoms with Crippen LogP contribution in [-0.2, 0) is 12.0 Å². The lowest BCUT2D eigenvalue weighted by molar-refractivity contribution is 0.588. The lowest BCUT2D eigenvalue weighted by Gasteiger charge is -2.15. The highest BCUT2D eigenvalue weighted by atomic mass is 15.0. The maximum absolute atomic E-state index is 8.77. The molecule has 0 saturated carbocycles. The number of rotatable bonds is 2. The Labute approximate surface area is 106 Å². The molecule has 0 unspecified atom stereocenters. The van der Waals surface area contributed by atoms with Crippen molar-refractivity contribution in [3.05, 3.63) is 23.5 Å². The second-order valence-corrected chi connectivity index (χ2v) is 5.34. The summed E-state index contributed by atoms with van der Waals surface area (Å²) in [5.74, 6) is 0.467. The molecule has 2 heteroatoms. The molecular weight excluding hydrogens is 208 g/mol. The molecule has 1 aromatic rings. The average Bonchev–Trinajstić information content (AvgIpc) is 2.65. The van der Waals surface area contributed by atoms with Gasteiger partial charge in [0.25, 0.3) is 0 Å². The molecular formula is C15H26N2. The average molecular weight is 234 g/mol. The Morgan fingerprint density at radius 2 is 1.82 bits per heavy atom. The molecule has 2 nitrogen and oxygen atoms in total. The van der Waals surface area contributed by atoms with Crippen LogP contribution in [0.3, 0.4) is 0 Å². The molecule has 0 aromatic carbocycles. The summed E-state index contributed by atoms with van der Waals surface area (Å²) in [5, 5.41) is 8.77. The number of nitriles is 1. The van der Waals surface area contributed by atoms with Crippen LogP contribution in [0.25, 0.3) is 0 Å². The van der Waals surface area contributed by atoms with Gasteiger partial charge in [-0.3, -0.25) is 0 Å². The minimum atomic E-state index is 0.157. The summed E-state index contributed by atoms with van der Waals surface area (Å²) in [6, 6.07) is 4.43. The molecule has 0 fully saturated rings. The summed E-state index contributed by atoms with van der Waals surface area (Å²) in [4.78, 5) is 0. The first-order valence-electron chi connectivity index (χ1n) is 6.43. The van der Waals surface area contributed by atoms with E-state index >= 15 is 0 Å². The lowest BCUT2D eigenvalue weighted by atomic mass is 9.89. The minimum absolute atomic E-state index is 0.157. The van der Waals surface area contributed by atoms with E-state index in [9.17, 15) is 0 Å². The fourth-order valence-corrected chi connectivity index (χ4v) is 1.64. The molecule has 17 heavy (non-hydrogen) atoms. The highest BCUT2D eigenvalue weighted by Gasteiger charge is 2.18. The predicted molar refractivity (Wildman–Crippen MR) is 74.2 cm³/mol. The molecule has 96 valence electrons. The maximum atomic E-state index is 8.77. The van der Waals surface area contributed by atoms with E-state index in [2.05, 4.69) is 57.5 Å². The van der Waals surface area contributed by atoms with Crippen molar-refractivity contribution in [3.8, 4) is 6.07 Å². The monoisotopic (exact) mass is 234 g/mol. The van der Waals surface area contributed by atoms with E-state index in [4.69, 9.17) is 5.26 Å². The molecule has 0 amide bonds. The molecule has 0 aliphatic rings. The number of hydrogen-bond donors (Lipinski definition) is 0. The molecule has 1 rings (SSSR count). The summed E-state index contributed by atoms with van der Waals surface area (Å²) in [6.45, 7) is 15.4. The van der Waals surface area contributed by atoms with Gasteiger partial charge in [-0.05, 0) is 23.0 Å². The predicted octanol–water partition coefficient (Wildman–Crippen LogP) is 4.46. The van der Waals surface area contributed by atoms with Crippen molar-refractivity contribution in [2.75, 3.05) is 0 Å². The van der Waals surface area contributed by atoms with E-state index in [0.717, 1.165) is 0 Å². The van der Waals surface area contributed by atoms with Gasteiger partial charge in [0.05, 0.1) is 6.07 Å². The van der Waals surface area contributed by atoms with E-state index in [1.165, 1.54) is 11.3 Å². The van der Waals surface area contributed by atoms with Gasteiger partial charge in [-0.15, -0.1) is 0 Å². The lowest BCUT2D eigenvalue weighted by Crippen LogP contribution is -2.09. The molecule has 1 heterocycles. The maximum Gasteiger partial charge on any atom is 0.109 e. The van der Waals surface area contributed by atoms with Gasteiger partial charge >= 0.3 is 0 Å². The van der Waals surface area contributed by atoms with Gasteiger partial charge in [-0.2, -0.15) is 5.26 Å². The third-order valence-electron chi connectivity index (χ3n) is 2.63. The number of hydrogen-bond acceptors (Lipinski definition) is 1. The summed E-state index contributed by atoms with van der Waals surface area (Å²) < 4.78 is 2.06. The SMILES string of the molecule is CC.CC(C)c1cc(C(C)(C)C)cn1CC#N. The third kappa shape index (κ3) is 4.26. The van der Waals surface area contributed by atoms with Gasteiger partial charge < -0.3 is 4.57 Å². The molecule has 0 N–H and O–H groups in total. The Bertz CT molecular complexity index is 373. The quantitative estimate of drug-likeness (QED) is 0.742. The molecule has 0 aliphatic carbocycles. The van der Waals surface area contributed by atoms with Gasteiger partial charge in [-0.1, -0.05) is 48.5 Å². The van der Waals surface area contributed by atoms with Crippen molar-refractivity contribution in [2.45, 2.75) is 66.3 Å². The van der Waals surface area contributed by atoms with Crippen LogP contribution >= 0.6 is 0 Å². The standard InChI is InChI=1S/C13H20N2.C2H6/c1-10(2)12-8-11(13(3,4)5)9-15(12)7-6-14;1-2/h8-10H,7H2,1-5H3;1-2H3. The van der Waals surface area contributed by atoms with E-state index in [1.54, 1.807) is 0 Å². The summed E-state index contributed by atoms with van der Waals surface area (Å²) in [5.41, 5.74) is 2.72. The fourth-order valence-electron chi connectivity index (χ4n) is 1.64. The molecule has 0 aliphatic heterocycles. The van der Waals surface area contributed by atoms with Gasteiger partial charge in [0.15, 0.2) is 0 Å². The van der Waals surface area contributed by atoms with Crippen LogP contribution in [0, 0.1) is 11.3 Å². The largest absolute Gasteiger partial charge is 0.337 e. The zero-order valence-electron chi connectivity index (χ0n) is 12.3. The Kier molecular flexibility index (Phi) is 6.02. The van der Waals surface area contributed by atoms with Crippen molar-refractivity contribution >= 4 is 0 Å². The molecule has 1 aromatic heterocycles. The van der Waals surface area contributed by atoms with Crippen LogP contribution in [0.4, 0.5) is 0 Å². The fraction of sp³-hybridized carbons (Fsp3) is 0.667. The zero-order chi connectivity index (χ0) is 13.6. The molecule has 0 atom stereocenters. The molecule has 0 bridgehead atoms. The van der Waals surface area contributed by atoms with Crippen LogP contribution in [0.1, 0.15) is 65.6 Å². The zero-order valence-corrected chi connectivity index (χ0v) is 12.3. The number of nitrogens with zero attached hydrogens (tertiary/aromatic N) is 2. The highest BCUT2D eigenvalue weighted by Crippen LogP contribution is 2.27. The first kappa shape index (κ1) is 15.8. The summed E-state index contributed by atoms with van der Waals surface area (Å²) in [6.07, 6.45) is 2.11. The van der Waals surface area contributed by atoms with E-state index in [-0.39, 0.29) is 5.41 Å². The topological polar surface area (TPSA) is 28.7 Å². The van der Waals surface area contributed by atoms with Crippen molar-refractivity contribution < 1.29 is 0 Å². The van der Waals surface area contributed by atoms with Crippen LogP contribution in [0.15, 0.2) is 12.3 Å². The van der Waals surface area contributed by atoms with E-state index < -0.39 is 0 Å². The van der Waals surface area contributed by atoms with Crippen LogP contribution in [0.5, 0.6) is 0 Å². The second kappa shape index (κ2) is 6.49. The van der Waals surface area contributed by atoms with E-state index in [1.807, 2.05) is 13.8 Å². The van der Waals surface area contributed by atoms with E-state index in [0.29, 0.717) is 12.5 Å². The molecule has 0 radical (unpaired) electrons. The molecule has 0 saturated heterocycles. The van der Waals surface area contributed by atoms with Crippen LogP contribution in [-0.4, -0.2) is 4.57 Å². The highest BCUT2D eigenvalue weighted by molar-refractivity contribution is 5.27. The Morgan fingerprint density at radius 1 is 1.29 bits per heavy atom. The number of aromatic nitrogens is 1. The normalized spacial score (nSPS) is 10.8. The summed E-state index contributed by atoms with van der Waals surface area (Å²) in [7, 11) is 0. The third-order valence-corrected chi connectivity index (χ3v) is 2.63. The van der Waals surface area contributed by atoms with Crippen molar-refractivity contribution in [2.24, 2.45) is 0 Å². The van der Waals surface area contributed by atoms with Crippen LogP contribution in [0.2, 0.25) is 0 Å². The summed E-state index contributed by atoms with van der Waals surface area (Å²) >= 11 is 0. The Morgan fingerprint density at radius 3 is 2.18 bits per heavy atom. The van der Waals surface area contributed by atoms with Crippen molar-refractivity contribution in [3.63, 3.8) is 0 Å². The first-order chi connectivity index (χ1) is 7.86. The Balaban J connectivity index is 0.00000121. The first-order valence-corrected chi connectivity index (χ1v) is 6.43. The smallest absolute Gasteiger partial charge is 0.109 e. The minimum Gasteiger partial charge on any atom is -0.337 e. The van der Waals surface area contributed by atoms with Crippen molar-refractivity contribution in [1.82, 2.24) is 4.57 Å². The van der Waals surface area contributed by atoms with Gasteiger partial charge in [0.1, 0.15) is 6.54 Å². The Hall–Kier alpha value is -1.23. The molecule has 0 spiro atoms. The van der Waals surface area contributed by atoms with Gasteiger partial charge in [-0.25, -0.2) is 0 Å². The second-order valence-electron chi connectivity index (χ2n) is 5.34. The van der Waals surface area contributed by atoms with Gasteiger partial charge in [0.2, 0.25) is 0 Å². The van der Waals surface area contributed by atoms with Gasteiger partial charge in [0, 0.05) is 11.9 Å². The van der Waals surface area contributed by atoms with Crippen molar-refractivity contribution in [1.29, 1.82) is 5.26 Å².